The molecule has 1 aromatic carbocycles. The van der Waals surface area contributed by atoms with Crippen molar-refractivity contribution in [3.8, 4) is 0 Å². The van der Waals surface area contributed by atoms with Gasteiger partial charge in [0.15, 0.2) is 0 Å². The third-order valence-electron chi connectivity index (χ3n) is 4.36. The van der Waals surface area contributed by atoms with E-state index >= 15 is 0 Å². The minimum atomic E-state index is -0.293. The van der Waals surface area contributed by atoms with E-state index in [1.807, 2.05) is 26.0 Å². The standard InChI is InChI=1S/C15H23N3O2/c1-11(16)13-6-5-9-17(10-13)12(2)14-7-3-4-8-15(14)18(19)20/h3-4,7-8,11-13H,5-6,9-10,16H2,1-2H3. The van der Waals surface area contributed by atoms with Gasteiger partial charge in [0.2, 0.25) is 0 Å². The van der Waals surface area contributed by atoms with Crippen LogP contribution in [0.25, 0.3) is 0 Å². The van der Waals surface area contributed by atoms with Crippen molar-refractivity contribution in [2.24, 2.45) is 11.7 Å². The molecule has 110 valence electrons. The van der Waals surface area contributed by atoms with Crippen molar-refractivity contribution in [1.82, 2.24) is 4.90 Å². The molecule has 0 saturated carbocycles. The van der Waals surface area contributed by atoms with Crippen LogP contribution in [0.5, 0.6) is 0 Å². The molecule has 2 N–H and O–H groups in total. The average molecular weight is 277 g/mol. The summed E-state index contributed by atoms with van der Waals surface area (Å²) >= 11 is 0. The van der Waals surface area contributed by atoms with Crippen molar-refractivity contribution in [3.63, 3.8) is 0 Å². The number of piperidine rings is 1. The highest BCUT2D eigenvalue weighted by atomic mass is 16.6. The molecule has 3 atom stereocenters. The van der Waals surface area contributed by atoms with Gasteiger partial charge in [-0.2, -0.15) is 0 Å². The van der Waals surface area contributed by atoms with Gasteiger partial charge < -0.3 is 5.73 Å². The number of rotatable bonds is 4. The fourth-order valence-electron chi connectivity index (χ4n) is 3.03. The lowest BCUT2D eigenvalue weighted by Crippen LogP contribution is -2.43. The topological polar surface area (TPSA) is 72.4 Å². The molecule has 5 nitrogen and oxygen atoms in total. The fourth-order valence-corrected chi connectivity index (χ4v) is 3.03. The Morgan fingerprint density at radius 1 is 1.40 bits per heavy atom. The Labute approximate surface area is 119 Å². The Kier molecular flexibility index (Phi) is 4.73. The Morgan fingerprint density at radius 2 is 2.10 bits per heavy atom. The molecule has 0 amide bonds. The van der Waals surface area contributed by atoms with Gasteiger partial charge in [0, 0.05) is 30.3 Å². The second-order valence-corrected chi connectivity index (χ2v) is 5.75. The van der Waals surface area contributed by atoms with Crippen molar-refractivity contribution in [2.75, 3.05) is 13.1 Å². The Morgan fingerprint density at radius 3 is 2.75 bits per heavy atom. The van der Waals surface area contributed by atoms with Gasteiger partial charge in [-0.15, -0.1) is 0 Å². The fraction of sp³-hybridized carbons (Fsp3) is 0.600. The predicted octanol–water partition coefficient (Wildman–Crippen LogP) is 2.72. The lowest BCUT2D eigenvalue weighted by molar-refractivity contribution is -0.386. The van der Waals surface area contributed by atoms with E-state index < -0.39 is 0 Å². The summed E-state index contributed by atoms with van der Waals surface area (Å²) in [5.74, 6) is 0.481. The first-order valence-corrected chi connectivity index (χ1v) is 7.23. The van der Waals surface area contributed by atoms with E-state index in [9.17, 15) is 10.1 Å². The molecule has 1 heterocycles. The zero-order valence-electron chi connectivity index (χ0n) is 12.2. The van der Waals surface area contributed by atoms with E-state index in [4.69, 9.17) is 5.73 Å². The number of hydrogen-bond donors (Lipinski definition) is 1. The van der Waals surface area contributed by atoms with Gasteiger partial charge in [0.25, 0.3) is 5.69 Å². The molecular weight excluding hydrogens is 254 g/mol. The maximum atomic E-state index is 11.1. The Balaban J connectivity index is 2.18. The second-order valence-electron chi connectivity index (χ2n) is 5.75. The predicted molar refractivity (Wildman–Crippen MR) is 79.5 cm³/mol. The van der Waals surface area contributed by atoms with Crippen LogP contribution < -0.4 is 5.73 Å². The molecule has 1 aliphatic heterocycles. The average Bonchev–Trinajstić information content (AvgIpc) is 2.46. The van der Waals surface area contributed by atoms with E-state index in [2.05, 4.69) is 4.90 Å². The number of hydrogen-bond acceptors (Lipinski definition) is 4. The minimum Gasteiger partial charge on any atom is -0.328 e. The molecule has 5 heteroatoms. The zero-order valence-corrected chi connectivity index (χ0v) is 12.2. The molecule has 1 aromatic rings. The van der Waals surface area contributed by atoms with Gasteiger partial charge in [-0.05, 0) is 39.2 Å². The summed E-state index contributed by atoms with van der Waals surface area (Å²) in [4.78, 5) is 13.2. The SMILES string of the molecule is CC(N)C1CCCN(C(C)c2ccccc2[N+](=O)[O-])C1. The maximum absolute atomic E-state index is 11.1. The first kappa shape index (κ1) is 14.9. The molecule has 0 bridgehead atoms. The normalized spacial score (nSPS) is 23.2. The molecule has 1 fully saturated rings. The lowest BCUT2D eigenvalue weighted by Gasteiger charge is -2.38. The summed E-state index contributed by atoms with van der Waals surface area (Å²) in [6, 6.07) is 7.26. The molecule has 0 aliphatic carbocycles. The van der Waals surface area contributed by atoms with Gasteiger partial charge in [0.1, 0.15) is 0 Å². The lowest BCUT2D eigenvalue weighted by atomic mass is 9.90. The Hall–Kier alpha value is -1.46. The van der Waals surface area contributed by atoms with Crippen molar-refractivity contribution in [3.05, 3.63) is 39.9 Å². The van der Waals surface area contributed by atoms with Crippen LogP contribution in [0.3, 0.4) is 0 Å². The molecule has 0 radical (unpaired) electrons. The number of likely N-dealkylation sites (tertiary alicyclic amines) is 1. The third-order valence-corrected chi connectivity index (χ3v) is 4.36. The van der Waals surface area contributed by atoms with Crippen LogP contribution in [0.15, 0.2) is 24.3 Å². The van der Waals surface area contributed by atoms with Crippen molar-refractivity contribution in [2.45, 2.75) is 38.8 Å². The number of nitro groups is 1. The maximum Gasteiger partial charge on any atom is 0.274 e. The monoisotopic (exact) mass is 277 g/mol. The molecular formula is C15H23N3O2. The zero-order chi connectivity index (χ0) is 14.7. The van der Waals surface area contributed by atoms with Crippen molar-refractivity contribution < 1.29 is 4.92 Å². The quantitative estimate of drug-likeness (QED) is 0.678. The summed E-state index contributed by atoms with van der Waals surface area (Å²) < 4.78 is 0. The summed E-state index contributed by atoms with van der Waals surface area (Å²) in [5, 5.41) is 11.1. The number of nitro benzene ring substituents is 1. The van der Waals surface area contributed by atoms with Gasteiger partial charge in [0.05, 0.1) is 4.92 Å². The molecule has 2 rings (SSSR count). The molecule has 0 spiro atoms. The molecule has 1 saturated heterocycles. The number of benzene rings is 1. The Bertz CT molecular complexity index is 476. The van der Waals surface area contributed by atoms with E-state index in [0.29, 0.717) is 5.92 Å². The van der Waals surface area contributed by atoms with Crippen LogP contribution in [-0.4, -0.2) is 29.0 Å². The van der Waals surface area contributed by atoms with Crippen LogP contribution in [0.1, 0.15) is 38.3 Å². The highest BCUT2D eigenvalue weighted by Crippen LogP contribution is 2.32. The summed E-state index contributed by atoms with van der Waals surface area (Å²) in [5.41, 5.74) is 7.02. The number of para-hydroxylation sites is 1. The molecule has 1 aliphatic rings. The van der Waals surface area contributed by atoms with Crippen LogP contribution in [0, 0.1) is 16.0 Å². The van der Waals surface area contributed by atoms with E-state index in [1.165, 1.54) is 0 Å². The van der Waals surface area contributed by atoms with Crippen LogP contribution in [0.4, 0.5) is 5.69 Å². The van der Waals surface area contributed by atoms with Gasteiger partial charge >= 0.3 is 0 Å². The minimum absolute atomic E-state index is 0.0538. The molecule has 20 heavy (non-hydrogen) atoms. The van der Waals surface area contributed by atoms with Crippen LogP contribution in [-0.2, 0) is 0 Å². The first-order chi connectivity index (χ1) is 9.50. The van der Waals surface area contributed by atoms with Crippen molar-refractivity contribution in [1.29, 1.82) is 0 Å². The highest BCUT2D eigenvalue weighted by Gasteiger charge is 2.29. The van der Waals surface area contributed by atoms with Gasteiger partial charge in [-0.1, -0.05) is 18.2 Å². The van der Waals surface area contributed by atoms with Gasteiger partial charge in [-0.3, -0.25) is 15.0 Å². The summed E-state index contributed by atoms with van der Waals surface area (Å²) in [7, 11) is 0. The summed E-state index contributed by atoms with van der Waals surface area (Å²) in [6.07, 6.45) is 2.26. The third kappa shape index (κ3) is 3.16. The van der Waals surface area contributed by atoms with Crippen LogP contribution in [0.2, 0.25) is 0 Å². The molecule has 0 aromatic heterocycles. The second kappa shape index (κ2) is 6.33. The molecule has 3 unspecified atom stereocenters. The summed E-state index contributed by atoms with van der Waals surface area (Å²) in [6.45, 7) is 6.00. The van der Waals surface area contributed by atoms with Crippen LogP contribution >= 0.6 is 0 Å². The smallest absolute Gasteiger partial charge is 0.274 e. The van der Waals surface area contributed by atoms with E-state index in [1.54, 1.807) is 12.1 Å². The number of nitrogens with two attached hydrogens (primary N) is 1. The van der Waals surface area contributed by atoms with Gasteiger partial charge in [-0.25, -0.2) is 0 Å². The first-order valence-electron chi connectivity index (χ1n) is 7.23. The highest BCUT2D eigenvalue weighted by molar-refractivity contribution is 5.41. The number of nitrogens with zero attached hydrogens (tertiary/aromatic N) is 2. The van der Waals surface area contributed by atoms with E-state index in [0.717, 1.165) is 31.5 Å². The van der Waals surface area contributed by atoms with Crippen molar-refractivity contribution >= 4 is 5.69 Å². The largest absolute Gasteiger partial charge is 0.328 e. The van der Waals surface area contributed by atoms with E-state index in [-0.39, 0.29) is 22.7 Å².